The van der Waals surface area contributed by atoms with E-state index >= 15 is 0 Å². The summed E-state index contributed by atoms with van der Waals surface area (Å²) in [5, 5.41) is 19.2. The first-order valence-electron chi connectivity index (χ1n) is 6.71. The van der Waals surface area contributed by atoms with Crippen molar-refractivity contribution in [1.82, 2.24) is 0 Å². The highest BCUT2D eigenvalue weighted by atomic mass is 16.4. The molecule has 0 saturated carbocycles. The van der Waals surface area contributed by atoms with Crippen LogP contribution in [0.4, 0.5) is 0 Å². The Hall–Kier alpha value is -0.570. The molecule has 0 amide bonds. The minimum Gasteiger partial charge on any atom is -0.481 e. The molecule has 2 atom stereocenters. The summed E-state index contributed by atoms with van der Waals surface area (Å²) in [5.74, 6) is -1.56. The second kappa shape index (κ2) is 7.70. The Kier molecular flexibility index (Phi) is 7.44. The normalized spacial score (nSPS) is 15.6. The molecule has 2 N–H and O–H groups in total. The molecule has 0 aromatic carbocycles. The van der Waals surface area contributed by atoms with Crippen LogP contribution in [-0.2, 0) is 4.79 Å². The van der Waals surface area contributed by atoms with Gasteiger partial charge in [0.25, 0.3) is 0 Å². The number of carboxylic acid groups (broad SMARTS) is 1. The van der Waals surface area contributed by atoms with Crippen LogP contribution in [0.2, 0.25) is 0 Å². The monoisotopic (exact) mass is 244 g/mol. The number of rotatable bonds is 8. The van der Waals surface area contributed by atoms with E-state index in [0.717, 1.165) is 12.8 Å². The summed E-state index contributed by atoms with van der Waals surface area (Å²) >= 11 is 0. The fraction of sp³-hybridized carbons (Fsp3) is 0.929. The molecule has 0 bridgehead atoms. The SMILES string of the molecule is CCCCCCCC(O)C(C(=O)O)C(C)(C)C. The van der Waals surface area contributed by atoms with Gasteiger partial charge in [-0.05, 0) is 11.8 Å². The lowest BCUT2D eigenvalue weighted by Crippen LogP contribution is -2.38. The number of aliphatic hydroxyl groups is 1. The third-order valence-corrected chi connectivity index (χ3v) is 3.19. The predicted octanol–water partition coefficient (Wildman–Crippen LogP) is 3.45. The van der Waals surface area contributed by atoms with E-state index in [-0.39, 0.29) is 0 Å². The van der Waals surface area contributed by atoms with Gasteiger partial charge < -0.3 is 10.2 Å². The van der Waals surface area contributed by atoms with Gasteiger partial charge in [0.2, 0.25) is 0 Å². The van der Waals surface area contributed by atoms with Gasteiger partial charge in [0, 0.05) is 0 Å². The molecule has 0 fully saturated rings. The van der Waals surface area contributed by atoms with Crippen LogP contribution in [-0.4, -0.2) is 22.3 Å². The van der Waals surface area contributed by atoms with Gasteiger partial charge in [0.15, 0.2) is 0 Å². The fourth-order valence-electron chi connectivity index (χ4n) is 2.24. The minimum atomic E-state index is -0.890. The predicted molar refractivity (Wildman–Crippen MR) is 70.0 cm³/mol. The lowest BCUT2D eigenvalue weighted by atomic mass is 9.76. The summed E-state index contributed by atoms with van der Waals surface area (Å²) in [6, 6.07) is 0. The number of hydrogen-bond donors (Lipinski definition) is 2. The average molecular weight is 244 g/mol. The van der Waals surface area contributed by atoms with Crippen molar-refractivity contribution in [3.8, 4) is 0 Å². The smallest absolute Gasteiger partial charge is 0.309 e. The highest BCUT2D eigenvalue weighted by Crippen LogP contribution is 2.31. The highest BCUT2D eigenvalue weighted by Gasteiger charge is 2.36. The Morgan fingerprint density at radius 1 is 1.12 bits per heavy atom. The second-order valence-corrected chi connectivity index (χ2v) is 5.95. The number of hydrogen-bond acceptors (Lipinski definition) is 2. The van der Waals surface area contributed by atoms with Crippen LogP contribution in [0.1, 0.15) is 66.2 Å². The van der Waals surface area contributed by atoms with E-state index < -0.39 is 23.4 Å². The van der Waals surface area contributed by atoms with Crippen molar-refractivity contribution in [2.75, 3.05) is 0 Å². The van der Waals surface area contributed by atoms with Gasteiger partial charge in [0.1, 0.15) is 0 Å². The maximum absolute atomic E-state index is 11.2. The Morgan fingerprint density at radius 3 is 2.06 bits per heavy atom. The maximum atomic E-state index is 11.2. The van der Waals surface area contributed by atoms with Crippen molar-refractivity contribution in [2.45, 2.75) is 72.3 Å². The maximum Gasteiger partial charge on any atom is 0.309 e. The lowest BCUT2D eigenvalue weighted by molar-refractivity contribution is -0.151. The first kappa shape index (κ1) is 16.4. The zero-order chi connectivity index (χ0) is 13.5. The van der Waals surface area contributed by atoms with E-state index in [0.29, 0.717) is 6.42 Å². The zero-order valence-corrected chi connectivity index (χ0v) is 11.7. The van der Waals surface area contributed by atoms with Gasteiger partial charge >= 0.3 is 5.97 Å². The van der Waals surface area contributed by atoms with Crippen LogP contribution >= 0.6 is 0 Å². The number of aliphatic carboxylic acids is 1. The first-order valence-corrected chi connectivity index (χ1v) is 6.71. The molecule has 0 aliphatic rings. The summed E-state index contributed by atoms with van der Waals surface area (Å²) in [6.07, 6.45) is 5.46. The zero-order valence-electron chi connectivity index (χ0n) is 11.7. The lowest BCUT2D eigenvalue weighted by Gasteiger charge is -2.31. The molecule has 0 aromatic rings. The second-order valence-electron chi connectivity index (χ2n) is 5.95. The Balaban J connectivity index is 4.08. The van der Waals surface area contributed by atoms with Crippen LogP contribution in [0.5, 0.6) is 0 Å². The number of unbranched alkanes of at least 4 members (excludes halogenated alkanes) is 4. The molecule has 0 rings (SSSR count). The molecular formula is C14H28O3. The minimum absolute atomic E-state index is 0.394. The summed E-state index contributed by atoms with van der Waals surface area (Å²) in [5.41, 5.74) is -0.394. The molecule has 2 unspecified atom stereocenters. The van der Waals surface area contributed by atoms with Crippen molar-refractivity contribution in [1.29, 1.82) is 0 Å². The van der Waals surface area contributed by atoms with Gasteiger partial charge in [-0.25, -0.2) is 0 Å². The molecule has 3 nitrogen and oxygen atoms in total. The molecule has 17 heavy (non-hydrogen) atoms. The molecule has 3 heteroatoms. The number of carbonyl (C=O) groups is 1. The molecule has 0 aliphatic carbocycles. The Morgan fingerprint density at radius 2 is 1.65 bits per heavy atom. The van der Waals surface area contributed by atoms with E-state index in [4.69, 9.17) is 5.11 Å². The van der Waals surface area contributed by atoms with Crippen LogP contribution in [0, 0.1) is 11.3 Å². The van der Waals surface area contributed by atoms with Crippen LogP contribution < -0.4 is 0 Å². The van der Waals surface area contributed by atoms with Gasteiger partial charge in [-0.3, -0.25) is 4.79 Å². The third kappa shape index (κ3) is 6.67. The number of carboxylic acids is 1. The van der Waals surface area contributed by atoms with Crippen LogP contribution in [0.25, 0.3) is 0 Å². The average Bonchev–Trinajstić information content (AvgIpc) is 2.14. The van der Waals surface area contributed by atoms with Gasteiger partial charge in [-0.2, -0.15) is 0 Å². The van der Waals surface area contributed by atoms with Crippen molar-refractivity contribution in [3.63, 3.8) is 0 Å². The standard InChI is InChI=1S/C14H28O3/c1-5-6-7-8-9-10-11(15)12(13(16)17)14(2,3)4/h11-12,15H,5-10H2,1-4H3,(H,16,17). The van der Waals surface area contributed by atoms with E-state index in [1.165, 1.54) is 19.3 Å². The fourth-order valence-corrected chi connectivity index (χ4v) is 2.24. The number of aliphatic hydroxyl groups excluding tert-OH is 1. The van der Waals surface area contributed by atoms with Crippen molar-refractivity contribution in [3.05, 3.63) is 0 Å². The molecule has 0 saturated heterocycles. The summed E-state index contributed by atoms with van der Waals surface area (Å²) in [4.78, 5) is 11.2. The molecule has 102 valence electrons. The summed E-state index contributed by atoms with van der Waals surface area (Å²) in [7, 11) is 0. The molecule has 0 radical (unpaired) electrons. The molecular weight excluding hydrogens is 216 g/mol. The van der Waals surface area contributed by atoms with Crippen molar-refractivity contribution >= 4 is 5.97 Å². The van der Waals surface area contributed by atoms with E-state index in [1.807, 2.05) is 20.8 Å². The third-order valence-electron chi connectivity index (χ3n) is 3.19. The largest absolute Gasteiger partial charge is 0.481 e. The summed E-state index contributed by atoms with van der Waals surface area (Å²) < 4.78 is 0. The van der Waals surface area contributed by atoms with Gasteiger partial charge in [-0.15, -0.1) is 0 Å². The van der Waals surface area contributed by atoms with Crippen molar-refractivity contribution < 1.29 is 15.0 Å². The highest BCUT2D eigenvalue weighted by molar-refractivity contribution is 5.71. The quantitative estimate of drug-likeness (QED) is 0.643. The van der Waals surface area contributed by atoms with E-state index in [9.17, 15) is 9.90 Å². The van der Waals surface area contributed by atoms with Crippen molar-refractivity contribution in [2.24, 2.45) is 11.3 Å². The topological polar surface area (TPSA) is 57.5 Å². The first-order chi connectivity index (χ1) is 7.80. The Labute approximate surface area is 105 Å². The van der Waals surface area contributed by atoms with E-state index in [1.54, 1.807) is 0 Å². The Bertz CT molecular complexity index is 218. The molecule has 0 aliphatic heterocycles. The van der Waals surface area contributed by atoms with Crippen LogP contribution in [0.15, 0.2) is 0 Å². The molecule has 0 spiro atoms. The van der Waals surface area contributed by atoms with Gasteiger partial charge in [0.05, 0.1) is 12.0 Å². The molecule has 0 aromatic heterocycles. The van der Waals surface area contributed by atoms with E-state index in [2.05, 4.69) is 6.92 Å². The van der Waals surface area contributed by atoms with Gasteiger partial charge in [-0.1, -0.05) is 59.8 Å². The van der Waals surface area contributed by atoms with Crippen LogP contribution in [0.3, 0.4) is 0 Å². The molecule has 0 heterocycles. The summed E-state index contributed by atoms with van der Waals surface area (Å²) in [6.45, 7) is 7.76.